The van der Waals surface area contributed by atoms with Crippen molar-refractivity contribution in [3.63, 3.8) is 0 Å². The largest absolute Gasteiger partial charge is 0.394 e. The topological polar surface area (TPSA) is 114 Å². The molecule has 30 heavy (non-hydrogen) atoms. The highest BCUT2D eigenvalue weighted by molar-refractivity contribution is 8.03. The fourth-order valence-corrected chi connectivity index (χ4v) is 5.08. The van der Waals surface area contributed by atoms with Gasteiger partial charge < -0.3 is 20.1 Å². The number of allylic oxidation sites excluding steroid dienone is 3. The van der Waals surface area contributed by atoms with Crippen LogP contribution in [0.5, 0.6) is 0 Å². The molecule has 1 aliphatic heterocycles. The number of ether oxygens (including phenoxy) is 1. The van der Waals surface area contributed by atoms with Crippen LogP contribution in [0.1, 0.15) is 6.04 Å². The molecular formula is C17H17Cl3N4O4S2. The number of halogens is 3. The summed E-state index contributed by atoms with van der Waals surface area (Å²) in [6, 6.07) is -0.921. The minimum atomic E-state index is -1.23. The average molecular weight is 512 g/mol. The second kappa shape index (κ2) is 11.1. The molecule has 0 bridgehead atoms. The highest BCUT2D eigenvalue weighted by Crippen LogP contribution is 2.38. The van der Waals surface area contributed by atoms with Gasteiger partial charge in [0.15, 0.2) is 0 Å². The Hall–Kier alpha value is -0.950. The standard InChI is InChI=1S/C17H17Cl3N4O4S2/c18-4-1-2-9(3-5-19)30-17-15(27)13(14(26)11(7-25)28-17)24-6-10(22-23-24)16-21-12(20)8-29-16/h1-6,8,11,13-15,17,25-27H,7H2/b4-1+,5-3+,9-2+/t11?,13?,14?,15-,17?/m0/s1. The van der Waals surface area contributed by atoms with Crippen molar-refractivity contribution in [2.75, 3.05) is 6.61 Å². The molecule has 1 fully saturated rings. The molecule has 162 valence electrons. The summed E-state index contributed by atoms with van der Waals surface area (Å²) < 4.78 is 7.06. The molecule has 13 heteroatoms. The van der Waals surface area contributed by atoms with E-state index in [0.29, 0.717) is 20.8 Å². The van der Waals surface area contributed by atoms with Gasteiger partial charge in [-0.3, -0.25) is 0 Å². The molecule has 2 aromatic rings. The van der Waals surface area contributed by atoms with Gasteiger partial charge >= 0.3 is 0 Å². The molecule has 8 nitrogen and oxygen atoms in total. The summed E-state index contributed by atoms with van der Waals surface area (Å²) in [5.41, 5.74) is 2.25. The highest BCUT2D eigenvalue weighted by atomic mass is 35.5. The van der Waals surface area contributed by atoms with Crippen LogP contribution in [0.3, 0.4) is 0 Å². The Kier molecular flexibility index (Phi) is 8.75. The van der Waals surface area contributed by atoms with Crippen LogP contribution in [0.4, 0.5) is 0 Å². The predicted octanol–water partition coefficient (Wildman–Crippen LogP) is 3.16. The molecule has 0 saturated carbocycles. The highest BCUT2D eigenvalue weighted by Gasteiger charge is 2.46. The Labute approximate surface area is 195 Å². The van der Waals surface area contributed by atoms with Crippen LogP contribution in [0.2, 0.25) is 5.15 Å². The Balaban J connectivity index is 1.88. The van der Waals surface area contributed by atoms with Crippen molar-refractivity contribution in [2.45, 2.75) is 29.8 Å². The van der Waals surface area contributed by atoms with E-state index in [-0.39, 0.29) is 0 Å². The van der Waals surface area contributed by atoms with E-state index in [1.165, 1.54) is 27.1 Å². The summed E-state index contributed by atoms with van der Waals surface area (Å²) in [4.78, 5) is 4.79. The first-order valence-corrected chi connectivity index (χ1v) is 11.6. The molecule has 3 rings (SSSR count). The molecule has 4 unspecified atom stereocenters. The second-order valence-corrected chi connectivity index (χ2v) is 8.98. The van der Waals surface area contributed by atoms with Crippen LogP contribution in [0.15, 0.2) is 45.8 Å². The molecule has 2 aromatic heterocycles. The van der Waals surface area contributed by atoms with Crippen molar-refractivity contribution in [1.82, 2.24) is 20.0 Å². The number of thiazole rings is 1. The first-order valence-electron chi connectivity index (χ1n) is 8.54. The number of nitrogens with zero attached hydrogens (tertiary/aromatic N) is 4. The first kappa shape index (κ1) is 23.7. The number of aromatic nitrogens is 4. The lowest BCUT2D eigenvalue weighted by atomic mass is 9.97. The fourth-order valence-electron chi connectivity index (χ4n) is 2.83. The zero-order chi connectivity index (χ0) is 21.7. The van der Waals surface area contributed by atoms with E-state index < -0.39 is 36.4 Å². The summed E-state index contributed by atoms with van der Waals surface area (Å²) >= 11 is 19.6. The lowest BCUT2D eigenvalue weighted by Crippen LogP contribution is -2.55. The van der Waals surface area contributed by atoms with Gasteiger partial charge in [0.2, 0.25) is 0 Å². The number of aliphatic hydroxyl groups excluding tert-OH is 3. The van der Waals surface area contributed by atoms with E-state index in [0.717, 1.165) is 11.8 Å². The fraction of sp³-hybridized carbons (Fsp3) is 0.353. The Morgan fingerprint density at radius 3 is 2.73 bits per heavy atom. The van der Waals surface area contributed by atoms with Gasteiger partial charge in [-0.25, -0.2) is 9.67 Å². The maximum absolute atomic E-state index is 11.0. The van der Waals surface area contributed by atoms with Crippen molar-refractivity contribution < 1.29 is 20.1 Å². The van der Waals surface area contributed by atoms with Gasteiger partial charge in [-0.15, -0.1) is 16.4 Å². The van der Waals surface area contributed by atoms with E-state index in [9.17, 15) is 15.3 Å². The van der Waals surface area contributed by atoms with Gasteiger partial charge in [0.25, 0.3) is 0 Å². The monoisotopic (exact) mass is 510 g/mol. The molecule has 0 aliphatic carbocycles. The third-order valence-corrected chi connectivity index (χ3v) is 6.80. The molecule has 0 amide bonds. The average Bonchev–Trinajstić information content (AvgIpc) is 3.37. The molecule has 0 aromatic carbocycles. The molecule has 0 radical (unpaired) electrons. The van der Waals surface area contributed by atoms with E-state index in [1.807, 2.05) is 0 Å². The first-order chi connectivity index (χ1) is 14.5. The van der Waals surface area contributed by atoms with Crippen LogP contribution in [-0.2, 0) is 4.74 Å². The SMILES string of the molecule is OCC1OC(SC(/C=C/Cl)=C/C=C/Cl)[C@@H](O)C(n2cc(-c3nc(Cl)cs3)nn2)C1O. The van der Waals surface area contributed by atoms with Gasteiger partial charge in [-0.2, -0.15) is 0 Å². The summed E-state index contributed by atoms with van der Waals surface area (Å²) in [5, 5.41) is 42.0. The minimum absolute atomic E-state index is 0.338. The molecule has 5 atom stereocenters. The van der Waals surface area contributed by atoms with E-state index >= 15 is 0 Å². The minimum Gasteiger partial charge on any atom is -0.394 e. The second-order valence-electron chi connectivity index (χ2n) is 6.05. The van der Waals surface area contributed by atoms with E-state index in [4.69, 9.17) is 39.5 Å². The summed E-state index contributed by atoms with van der Waals surface area (Å²) in [7, 11) is 0. The van der Waals surface area contributed by atoms with Gasteiger partial charge in [0, 0.05) is 21.4 Å². The molecular weight excluding hydrogens is 495 g/mol. The predicted molar refractivity (Wildman–Crippen MR) is 119 cm³/mol. The van der Waals surface area contributed by atoms with Crippen LogP contribution < -0.4 is 0 Å². The third-order valence-electron chi connectivity index (χ3n) is 4.17. The third kappa shape index (κ3) is 5.45. The molecule has 3 heterocycles. The summed E-state index contributed by atoms with van der Waals surface area (Å²) in [6.45, 7) is -0.447. The van der Waals surface area contributed by atoms with Crippen molar-refractivity contribution in [1.29, 1.82) is 0 Å². The molecule has 1 aliphatic rings. The number of hydrogen-bond acceptors (Lipinski definition) is 9. The van der Waals surface area contributed by atoms with Crippen LogP contribution >= 0.6 is 57.9 Å². The van der Waals surface area contributed by atoms with Crippen molar-refractivity contribution in [3.05, 3.63) is 50.9 Å². The Morgan fingerprint density at radius 2 is 2.10 bits per heavy atom. The summed E-state index contributed by atoms with van der Waals surface area (Å²) in [5.74, 6) is 0. The number of rotatable bonds is 7. The summed E-state index contributed by atoms with van der Waals surface area (Å²) in [6.07, 6.45) is 3.08. The Morgan fingerprint density at radius 1 is 1.30 bits per heavy atom. The maximum Gasteiger partial charge on any atom is 0.147 e. The lowest BCUT2D eigenvalue weighted by molar-refractivity contribution is -0.178. The lowest BCUT2D eigenvalue weighted by Gasteiger charge is -2.41. The smallest absolute Gasteiger partial charge is 0.147 e. The normalized spacial score (nSPS) is 28.1. The van der Waals surface area contributed by atoms with Gasteiger partial charge in [0.05, 0.1) is 12.8 Å². The molecule has 3 N–H and O–H groups in total. The number of hydrogen-bond donors (Lipinski definition) is 3. The van der Waals surface area contributed by atoms with Gasteiger partial charge in [-0.05, 0) is 18.2 Å². The molecule has 0 spiro atoms. The van der Waals surface area contributed by atoms with Gasteiger partial charge in [0.1, 0.15) is 45.6 Å². The van der Waals surface area contributed by atoms with Crippen LogP contribution in [-0.4, -0.2) is 65.7 Å². The zero-order valence-electron chi connectivity index (χ0n) is 15.1. The maximum atomic E-state index is 11.0. The van der Waals surface area contributed by atoms with Crippen LogP contribution in [0.25, 0.3) is 10.7 Å². The quantitative estimate of drug-likeness (QED) is 0.486. The van der Waals surface area contributed by atoms with Crippen LogP contribution in [0, 0.1) is 0 Å². The van der Waals surface area contributed by atoms with Crippen molar-refractivity contribution in [2.24, 2.45) is 0 Å². The molecule has 1 saturated heterocycles. The van der Waals surface area contributed by atoms with E-state index in [1.54, 1.807) is 29.8 Å². The van der Waals surface area contributed by atoms with Crippen molar-refractivity contribution >= 4 is 57.9 Å². The number of thioether (sulfide) groups is 1. The van der Waals surface area contributed by atoms with Crippen molar-refractivity contribution in [3.8, 4) is 10.7 Å². The van der Waals surface area contributed by atoms with Gasteiger partial charge in [-0.1, -0.05) is 51.8 Å². The Bertz CT molecular complexity index is 936. The zero-order valence-corrected chi connectivity index (χ0v) is 19.0. The number of aliphatic hydroxyl groups is 3. The van der Waals surface area contributed by atoms with E-state index in [2.05, 4.69) is 15.3 Å².